The number of hydrogen-bond donors (Lipinski definition) is 2. The van der Waals surface area contributed by atoms with Gasteiger partial charge in [0.2, 0.25) is 0 Å². The van der Waals surface area contributed by atoms with Gasteiger partial charge in [0, 0.05) is 10.2 Å². The van der Waals surface area contributed by atoms with E-state index in [1.165, 1.54) is 30.3 Å². The molecule has 0 radical (unpaired) electrons. The molecule has 2 rings (SSSR count). The van der Waals surface area contributed by atoms with E-state index in [0.717, 1.165) is 10.0 Å². The van der Waals surface area contributed by atoms with Gasteiger partial charge >= 0.3 is 0 Å². The quantitative estimate of drug-likeness (QED) is 0.842. The number of hydrogen-bond acceptors (Lipinski definition) is 3. The minimum atomic E-state index is -3.62. The van der Waals surface area contributed by atoms with Gasteiger partial charge < -0.3 is 5.11 Å². The Hall–Kier alpha value is -1.53. The highest BCUT2D eigenvalue weighted by atomic mass is 79.9. The minimum Gasteiger partial charge on any atom is -0.508 e. The van der Waals surface area contributed by atoms with Crippen LogP contribution in [0.5, 0.6) is 5.75 Å². The fourth-order valence-corrected chi connectivity index (χ4v) is 2.92. The van der Waals surface area contributed by atoms with Crippen LogP contribution in [0, 0.1) is 6.92 Å². The third-order valence-corrected chi connectivity index (χ3v) is 4.83. The lowest BCUT2D eigenvalue weighted by Gasteiger charge is -2.09. The standard InChI is InChI=1S/C13H12BrNO3S/c1-9-8-12(6-7-13(9)14)19(17,18)15-10-2-4-11(16)5-3-10/h2-8,15-16H,1H3. The van der Waals surface area contributed by atoms with E-state index in [1.54, 1.807) is 12.1 Å². The molecule has 0 bridgehead atoms. The summed E-state index contributed by atoms with van der Waals surface area (Å²) in [5, 5.41) is 9.16. The average molecular weight is 342 g/mol. The Labute approximate surface area is 120 Å². The SMILES string of the molecule is Cc1cc(S(=O)(=O)Nc2ccc(O)cc2)ccc1Br. The van der Waals surface area contributed by atoms with Crippen molar-refractivity contribution in [1.29, 1.82) is 0 Å². The maximum Gasteiger partial charge on any atom is 0.261 e. The van der Waals surface area contributed by atoms with Gasteiger partial charge in [0.1, 0.15) is 5.75 Å². The first-order chi connectivity index (χ1) is 8.88. The molecule has 0 aliphatic rings. The maximum absolute atomic E-state index is 12.2. The largest absolute Gasteiger partial charge is 0.508 e. The van der Waals surface area contributed by atoms with E-state index in [4.69, 9.17) is 5.11 Å². The highest BCUT2D eigenvalue weighted by Crippen LogP contribution is 2.22. The number of anilines is 1. The molecule has 0 aliphatic heterocycles. The second-order valence-electron chi connectivity index (χ2n) is 4.06. The van der Waals surface area contributed by atoms with Crippen molar-refractivity contribution in [1.82, 2.24) is 0 Å². The lowest BCUT2D eigenvalue weighted by atomic mass is 10.2. The monoisotopic (exact) mass is 341 g/mol. The number of aromatic hydroxyl groups is 1. The highest BCUT2D eigenvalue weighted by molar-refractivity contribution is 9.10. The summed E-state index contributed by atoms with van der Waals surface area (Å²) in [5.41, 5.74) is 1.24. The van der Waals surface area contributed by atoms with Crippen LogP contribution in [0.4, 0.5) is 5.69 Å². The molecule has 0 saturated carbocycles. The van der Waals surface area contributed by atoms with Crippen molar-refractivity contribution >= 4 is 31.6 Å². The van der Waals surface area contributed by atoms with E-state index in [1.807, 2.05) is 6.92 Å². The molecule has 0 spiro atoms. The Morgan fingerprint density at radius 3 is 2.32 bits per heavy atom. The van der Waals surface area contributed by atoms with Crippen molar-refractivity contribution in [3.63, 3.8) is 0 Å². The second-order valence-corrected chi connectivity index (χ2v) is 6.60. The molecule has 19 heavy (non-hydrogen) atoms. The molecular weight excluding hydrogens is 330 g/mol. The minimum absolute atomic E-state index is 0.0856. The first-order valence-electron chi connectivity index (χ1n) is 5.46. The van der Waals surface area contributed by atoms with E-state index >= 15 is 0 Å². The lowest BCUT2D eigenvalue weighted by molar-refractivity contribution is 0.475. The lowest BCUT2D eigenvalue weighted by Crippen LogP contribution is -2.13. The number of aryl methyl sites for hydroxylation is 1. The summed E-state index contributed by atoms with van der Waals surface area (Å²) in [4.78, 5) is 0.196. The molecule has 0 amide bonds. The molecule has 0 saturated heterocycles. The first kappa shape index (κ1) is 13.9. The van der Waals surface area contributed by atoms with Crippen molar-refractivity contribution in [2.45, 2.75) is 11.8 Å². The number of sulfonamides is 1. The molecule has 2 N–H and O–H groups in total. The Bertz CT molecular complexity index is 696. The van der Waals surface area contributed by atoms with Gasteiger partial charge in [0.05, 0.1) is 4.90 Å². The third kappa shape index (κ3) is 3.27. The Kier molecular flexibility index (Phi) is 3.82. The van der Waals surface area contributed by atoms with Gasteiger partial charge in [-0.25, -0.2) is 8.42 Å². The summed E-state index contributed by atoms with van der Waals surface area (Å²) in [5.74, 6) is 0.0856. The van der Waals surface area contributed by atoms with Gasteiger partial charge in [-0.2, -0.15) is 0 Å². The van der Waals surface area contributed by atoms with Crippen molar-refractivity contribution in [2.75, 3.05) is 4.72 Å². The predicted octanol–water partition coefficient (Wildman–Crippen LogP) is 3.26. The summed E-state index contributed by atoms with van der Waals surface area (Å²) in [6.07, 6.45) is 0. The summed E-state index contributed by atoms with van der Waals surface area (Å²) in [7, 11) is -3.62. The predicted molar refractivity (Wildman–Crippen MR) is 77.8 cm³/mol. The molecule has 0 aliphatic carbocycles. The number of benzene rings is 2. The zero-order chi connectivity index (χ0) is 14.0. The van der Waals surface area contributed by atoms with Crippen LogP contribution in [-0.2, 0) is 10.0 Å². The van der Waals surface area contributed by atoms with Crippen molar-refractivity contribution in [3.8, 4) is 5.75 Å². The summed E-state index contributed by atoms with van der Waals surface area (Å²) in [6.45, 7) is 1.82. The molecular formula is C13H12BrNO3S. The van der Waals surface area contributed by atoms with Crippen LogP contribution >= 0.6 is 15.9 Å². The first-order valence-corrected chi connectivity index (χ1v) is 7.74. The fraction of sp³-hybridized carbons (Fsp3) is 0.0769. The van der Waals surface area contributed by atoms with Gasteiger partial charge in [-0.3, -0.25) is 4.72 Å². The van der Waals surface area contributed by atoms with Crippen LogP contribution < -0.4 is 4.72 Å². The zero-order valence-corrected chi connectivity index (χ0v) is 12.5. The number of nitrogens with one attached hydrogen (secondary N) is 1. The van der Waals surface area contributed by atoms with E-state index < -0.39 is 10.0 Å². The van der Waals surface area contributed by atoms with E-state index in [9.17, 15) is 8.42 Å². The maximum atomic E-state index is 12.2. The summed E-state index contributed by atoms with van der Waals surface area (Å²) in [6, 6.07) is 10.7. The van der Waals surface area contributed by atoms with E-state index in [2.05, 4.69) is 20.7 Å². The number of rotatable bonds is 3. The van der Waals surface area contributed by atoms with Crippen molar-refractivity contribution in [2.24, 2.45) is 0 Å². The summed E-state index contributed by atoms with van der Waals surface area (Å²) < 4.78 is 27.6. The van der Waals surface area contributed by atoms with Crippen LogP contribution in [0.3, 0.4) is 0 Å². The third-order valence-electron chi connectivity index (χ3n) is 2.56. The zero-order valence-electron chi connectivity index (χ0n) is 10.1. The molecule has 6 heteroatoms. The molecule has 0 aromatic heterocycles. The van der Waals surface area contributed by atoms with Crippen molar-refractivity contribution < 1.29 is 13.5 Å². The smallest absolute Gasteiger partial charge is 0.261 e. The van der Waals surface area contributed by atoms with Gasteiger partial charge in [0.15, 0.2) is 0 Å². The molecule has 2 aromatic carbocycles. The Morgan fingerprint density at radius 1 is 1.11 bits per heavy atom. The molecule has 0 unspecified atom stereocenters. The van der Waals surface area contributed by atoms with Crippen molar-refractivity contribution in [3.05, 3.63) is 52.5 Å². The van der Waals surface area contributed by atoms with E-state index in [-0.39, 0.29) is 10.6 Å². The molecule has 100 valence electrons. The van der Waals surface area contributed by atoms with Crippen LogP contribution in [-0.4, -0.2) is 13.5 Å². The van der Waals surface area contributed by atoms with Gasteiger partial charge in [0.25, 0.3) is 10.0 Å². The van der Waals surface area contributed by atoms with Crippen LogP contribution in [0.1, 0.15) is 5.56 Å². The number of halogens is 1. The van der Waals surface area contributed by atoms with Gasteiger partial charge in [-0.05, 0) is 55.0 Å². The molecule has 2 aromatic rings. The van der Waals surface area contributed by atoms with Crippen LogP contribution in [0.15, 0.2) is 51.8 Å². The van der Waals surface area contributed by atoms with Gasteiger partial charge in [-0.15, -0.1) is 0 Å². The van der Waals surface area contributed by atoms with E-state index in [0.29, 0.717) is 5.69 Å². The topological polar surface area (TPSA) is 66.4 Å². The molecule has 0 heterocycles. The highest BCUT2D eigenvalue weighted by Gasteiger charge is 2.14. The normalized spacial score (nSPS) is 11.3. The second kappa shape index (κ2) is 5.22. The van der Waals surface area contributed by atoms with Crippen LogP contribution in [0.2, 0.25) is 0 Å². The number of phenolic OH excluding ortho intramolecular Hbond substituents is 1. The molecule has 0 fully saturated rings. The summed E-state index contributed by atoms with van der Waals surface area (Å²) >= 11 is 3.33. The molecule has 4 nitrogen and oxygen atoms in total. The number of phenols is 1. The Morgan fingerprint density at radius 2 is 1.74 bits per heavy atom. The van der Waals surface area contributed by atoms with Crippen LogP contribution in [0.25, 0.3) is 0 Å². The fourth-order valence-electron chi connectivity index (χ4n) is 1.53. The molecule has 0 atom stereocenters. The Balaban J connectivity index is 2.32. The van der Waals surface area contributed by atoms with Gasteiger partial charge in [-0.1, -0.05) is 15.9 Å². The average Bonchev–Trinajstić information content (AvgIpc) is 2.35.